The van der Waals surface area contributed by atoms with Gasteiger partial charge >= 0.3 is 0 Å². The molecule has 90 valence electrons. The van der Waals surface area contributed by atoms with E-state index in [9.17, 15) is 0 Å². The van der Waals surface area contributed by atoms with Crippen LogP contribution >= 0.6 is 0 Å². The van der Waals surface area contributed by atoms with E-state index < -0.39 is 8.32 Å². The van der Waals surface area contributed by atoms with Gasteiger partial charge in [-0.25, -0.2) is 0 Å². The molecule has 0 bridgehead atoms. The standard InChI is InChI=1S/C11H26N2OSi/c1-10(12-13(5)6)9-14-15(7,8)11(2,3)4/h9H2,1-8H3/b12-10+. The van der Waals surface area contributed by atoms with E-state index in [1.807, 2.05) is 26.0 Å². The van der Waals surface area contributed by atoms with Gasteiger partial charge < -0.3 is 9.43 Å². The summed E-state index contributed by atoms with van der Waals surface area (Å²) in [5.41, 5.74) is 1.03. The van der Waals surface area contributed by atoms with Crippen molar-refractivity contribution in [3.63, 3.8) is 0 Å². The van der Waals surface area contributed by atoms with Crippen molar-refractivity contribution >= 4 is 14.0 Å². The Kier molecular flexibility index (Phi) is 5.00. The average molecular weight is 230 g/mol. The molecule has 0 fully saturated rings. The van der Waals surface area contributed by atoms with Crippen molar-refractivity contribution < 1.29 is 4.43 Å². The molecule has 0 aromatic carbocycles. The molecule has 0 amide bonds. The first kappa shape index (κ1) is 14.6. The lowest BCUT2D eigenvalue weighted by molar-refractivity contribution is 0.334. The molecule has 0 N–H and O–H groups in total. The minimum atomic E-state index is -1.62. The van der Waals surface area contributed by atoms with Crippen molar-refractivity contribution in [1.29, 1.82) is 0 Å². The topological polar surface area (TPSA) is 24.8 Å². The van der Waals surface area contributed by atoms with Crippen LogP contribution in [0.4, 0.5) is 0 Å². The molecular formula is C11H26N2OSi. The highest BCUT2D eigenvalue weighted by atomic mass is 28.4. The van der Waals surface area contributed by atoms with E-state index in [2.05, 4.69) is 39.0 Å². The molecule has 0 saturated carbocycles. The van der Waals surface area contributed by atoms with Crippen molar-refractivity contribution in [2.75, 3.05) is 20.7 Å². The van der Waals surface area contributed by atoms with E-state index in [4.69, 9.17) is 4.43 Å². The molecule has 0 aromatic rings. The summed E-state index contributed by atoms with van der Waals surface area (Å²) in [4.78, 5) is 0. The third-order valence-electron chi connectivity index (χ3n) is 2.82. The van der Waals surface area contributed by atoms with E-state index in [0.29, 0.717) is 6.61 Å². The Morgan fingerprint density at radius 3 is 2.07 bits per heavy atom. The van der Waals surface area contributed by atoms with Crippen LogP contribution in [0.5, 0.6) is 0 Å². The Morgan fingerprint density at radius 2 is 1.73 bits per heavy atom. The van der Waals surface area contributed by atoms with E-state index in [1.54, 1.807) is 0 Å². The van der Waals surface area contributed by atoms with Crippen LogP contribution in [0.2, 0.25) is 18.1 Å². The van der Waals surface area contributed by atoms with Crippen molar-refractivity contribution in [1.82, 2.24) is 5.01 Å². The minimum absolute atomic E-state index is 0.269. The first-order chi connectivity index (χ1) is 6.56. The Morgan fingerprint density at radius 1 is 1.27 bits per heavy atom. The van der Waals surface area contributed by atoms with Crippen molar-refractivity contribution in [3.8, 4) is 0 Å². The van der Waals surface area contributed by atoms with Crippen molar-refractivity contribution in [3.05, 3.63) is 0 Å². The summed E-state index contributed by atoms with van der Waals surface area (Å²) in [7, 11) is 2.23. The van der Waals surface area contributed by atoms with E-state index >= 15 is 0 Å². The van der Waals surface area contributed by atoms with Crippen LogP contribution in [-0.2, 0) is 4.43 Å². The molecule has 0 aliphatic rings. The smallest absolute Gasteiger partial charge is 0.192 e. The summed E-state index contributed by atoms with van der Waals surface area (Å²) in [6, 6.07) is 0. The fourth-order valence-corrected chi connectivity index (χ4v) is 1.87. The van der Waals surface area contributed by atoms with Gasteiger partial charge in [0.15, 0.2) is 8.32 Å². The monoisotopic (exact) mass is 230 g/mol. The molecule has 0 rings (SSSR count). The minimum Gasteiger partial charge on any atom is -0.411 e. The van der Waals surface area contributed by atoms with Gasteiger partial charge in [0.05, 0.1) is 12.3 Å². The van der Waals surface area contributed by atoms with Crippen LogP contribution in [0, 0.1) is 0 Å². The van der Waals surface area contributed by atoms with E-state index in [0.717, 1.165) is 5.71 Å². The van der Waals surface area contributed by atoms with Crippen molar-refractivity contribution in [2.45, 2.75) is 45.8 Å². The molecule has 0 atom stereocenters. The molecule has 0 aromatic heterocycles. The summed E-state index contributed by atoms with van der Waals surface area (Å²) in [6.07, 6.45) is 0. The van der Waals surface area contributed by atoms with Gasteiger partial charge in [-0.15, -0.1) is 0 Å². The molecule has 4 heteroatoms. The van der Waals surface area contributed by atoms with Gasteiger partial charge in [0.2, 0.25) is 0 Å². The van der Waals surface area contributed by atoms with Crippen LogP contribution in [0.25, 0.3) is 0 Å². The molecule has 0 unspecified atom stereocenters. The molecule has 0 aliphatic carbocycles. The largest absolute Gasteiger partial charge is 0.411 e. The van der Waals surface area contributed by atoms with Crippen LogP contribution in [-0.4, -0.2) is 39.7 Å². The lowest BCUT2D eigenvalue weighted by atomic mass is 10.2. The van der Waals surface area contributed by atoms with Crippen molar-refractivity contribution in [2.24, 2.45) is 5.10 Å². The number of rotatable bonds is 4. The number of hydrogen-bond donors (Lipinski definition) is 0. The normalized spacial score (nSPS) is 14.3. The zero-order chi connectivity index (χ0) is 12.3. The Bertz CT molecular complexity index is 229. The highest BCUT2D eigenvalue weighted by molar-refractivity contribution is 6.74. The molecule has 0 aliphatic heterocycles. The third kappa shape index (κ3) is 5.32. The second kappa shape index (κ2) is 5.12. The molecule has 0 spiro atoms. The Hall–Kier alpha value is -0.353. The lowest BCUT2D eigenvalue weighted by Gasteiger charge is -2.36. The lowest BCUT2D eigenvalue weighted by Crippen LogP contribution is -2.42. The van der Waals surface area contributed by atoms with Gasteiger partial charge in [0.25, 0.3) is 0 Å². The molecule has 0 saturated heterocycles. The first-order valence-electron chi connectivity index (χ1n) is 5.41. The molecule has 0 heterocycles. The van der Waals surface area contributed by atoms with Crippen LogP contribution in [0.1, 0.15) is 27.7 Å². The Labute approximate surface area is 95.6 Å². The maximum absolute atomic E-state index is 6.04. The zero-order valence-electron chi connectivity index (χ0n) is 11.5. The highest BCUT2D eigenvalue weighted by Crippen LogP contribution is 2.36. The number of hydrogen-bond acceptors (Lipinski definition) is 3. The second-order valence-corrected chi connectivity index (χ2v) is 10.5. The zero-order valence-corrected chi connectivity index (χ0v) is 12.5. The summed E-state index contributed by atoms with van der Waals surface area (Å²) in [6.45, 7) is 13.9. The fourth-order valence-electron chi connectivity index (χ4n) is 0.872. The molecular weight excluding hydrogens is 204 g/mol. The molecule has 0 radical (unpaired) electrons. The SMILES string of the molecule is C/C(CO[Si](C)(C)C(C)(C)C)=N\N(C)C. The number of hydrazone groups is 1. The predicted molar refractivity (Wildman–Crippen MR) is 69.9 cm³/mol. The number of nitrogens with zero attached hydrogens (tertiary/aromatic N) is 2. The quantitative estimate of drug-likeness (QED) is 0.421. The maximum atomic E-state index is 6.04. The van der Waals surface area contributed by atoms with Crippen LogP contribution < -0.4 is 0 Å². The van der Waals surface area contributed by atoms with Gasteiger partial charge in [0.1, 0.15) is 0 Å². The maximum Gasteiger partial charge on any atom is 0.192 e. The van der Waals surface area contributed by atoms with Gasteiger partial charge in [-0.1, -0.05) is 20.8 Å². The molecule has 15 heavy (non-hydrogen) atoms. The van der Waals surface area contributed by atoms with E-state index in [1.165, 1.54) is 0 Å². The summed E-state index contributed by atoms with van der Waals surface area (Å²) in [5.74, 6) is 0. The average Bonchev–Trinajstić information content (AvgIpc) is 1.97. The summed E-state index contributed by atoms with van der Waals surface area (Å²) >= 11 is 0. The van der Waals surface area contributed by atoms with Gasteiger partial charge in [0, 0.05) is 14.1 Å². The van der Waals surface area contributed by atoms with E-state index in [-0.39, 0.29) is 5.04 Å². The third-order valence-corrected chi connectivity index (χ3v) is 7.30. The first-order valence-corrected chi connectivity index (χ1v) is 8.32. The van der Waals surface area contributed by atoms with Gasteiger partial charge in [-0.2, -0.15) is 5.10 Å². The summed E-state index contributed by atoms with van der Waals surface area (Å²) in [5, 5.41) is 6.39. The summed E-state index contributed by atoms with van der Waals surface area (Å²) < 4.78 is 6.04. The van der Waals surface area contributed by atoms with Gasteiger partial charge in [-0.05, 0) is 25.1 Å². The van der Waals surface area contributed by atoms with Crippen LogP contribution in [0.15, 0.2) is 5.10 Å². The van der Waals surface area contributed by atoms with Crippen LogP contribution in [0.3, 0.4) is 0 Å². The Balaban J connectivity index is 4.28. The highest BCUT2D eigenvalue weighted by Gasteiger charge is 2.37. The predicted octanol–water partition coefficient (Wildman–Crippen LogP) is 2.95. The van der Waals surface area contributed by atoms with Gasteiger partial charge in [-0.3, -0.25) is 0 Å². The second-order valence-electron chi connectivity index (χ2n) is 5.73. The molecule has 3 nitrogen and oxygen atoms in total. The fraction of sp³-hybridized carbons (Fsp3) is 0.909.